The molecule has 118 valence electrons. The summed E-state index contributed by atoms with van der Waals surface area (Å²) in [5.41, 5.74) is 2.74. The molecule has 0 aromatic carbocycles. The van der Waals surface area contributed by atoms with Crippen LogP contribution >= 0.6 is 0 Å². The Morgan fingerprint density at radius 2 is 2.00 bits per heavy atom. The minimum absolute atomic E-state index is 0.583. The van der Waals surface area contributed by atoms with Gasteiger partial charge in [-0.3, -0.25) is 4.90 Å². The SMILES string of the molecule is CCCCC[C@H]1c2c(CCCC)nnn2C[C@@H]2CCCN21. The number of aryl methyl sites for hydroxylation is 1. The third kappa shape index (κ3) is 3.01. The Labute approximate surface area is 128 Å². The Morgan fingerprint density at radius 3 is 2.81 bits per heavy atom. The molecule has 1 aromatic heterocycles. The van der Waals surface area contributed by atoms with Crippen LogP contribution in [-0.2, 0) is 13.0 Å². The van der Waals surface area contributed by atoms with Gasteiger partial charge in [0.05, 0.1) is 24.0 Å². The highest BCUT2D eigenvalue weighted by Gasteiger charge is 2.39. The first-order valence-electron chi connectivity index (χ1n) is 9.03. The summed E-state index contributed by atoms with van der Waals surface area (Å²) in [6.07, 6.45) is 11.5. The van der Waals surface area contributed by atoms with Gasteiger partial charge in [-0.2, -0.15) is 0 Å². The molecule has 21 heavy (non-hydrogen) atoms. The standard InChI is InChI=1S/C17H30N4/c1-3-5-7-11-16-17-15(10-6-4-2)18-19-21(17)13-14-9-8-12-20(14)16/h14,16H,3-13H2,1-2H3/t14-,16-/m0/s1. The molecule has 0 radical (unpaired) electrons. The molecule has 3 rings (SSSR count). The van der Waals surface area contributed by atoms with Crippen LogP contribution in [0.3, 0.4) is 0 Å². The molecule has 3 heterocycles. The van der Waals surface area contributed by atoms with Crippen molar-refractivity contribution in [1.82, 2.24) is 19.9 Å². The molecule has 0 spiro atoms. The maximum Gasteiger partial charge on any atom is 0.0875 e. The molecule has 1 fully saturated rings. The fourth-order valence-electron chi connectivity index (χ4n) is 4.09. The van der Waals surface area contributed by atoms with E-state index in [1.807, 2.05) is 0 Å². The predicted molar refractivity (Wildman–Crippen MR) is 85.2 cm³/mol. The highest BCUT2D eigenvalue weighted by atomic mass is 15.5. The van der Waals surface area contributed by atoms with Crippen molar-refractivity contribution in [2.45, 2.75) is 90.3 Å². The van der Waals surface area contributed by atoms with Gasteiger partial charge < -0.3 is 0 Å². The summed E-state index contributed by atoms with van der Waals surface area (Å²) >= 11 is 0. The molecule has 4 heteroatoms. The van der Waals surface area contributed by atoms with E-state index in [0.717, 1.165) is 13.0 Å². The second-order valence-corrected chi connectivity index (χ2v) is 6.75. The smallest absolute Gasteiger partial charge is 0.0875 e. The van der Waals surface area contributed by atoms with E-state index in [1.165, 1.54) is 69.3 Å². The van der Waals surface area contributed by atoms with Crippen molar-refractivity contribution in [3.8, 4) is 0 Å². The van der Waals surface area contributed by atoms with E-state index >= 15 is 0 Å². The lowest BCUT2D eigenvalue weighted by molar-refractivity contribution is 0.114. The molecular weight excluding hydrogens is 260 g/mol. The fraction of sp³-hybridized carbons (Fsp3) is 0.882. The zero-order chi connectivity index (χ0) is 14.7. The fourth-order valence-corrected chi connectivity index (χ4v) is 4.09. The van der Waals surface area contributed by atoms with E-state index in [1.54, 1.807) is 0 Å². The molecule has 2 atom stereocenters. The molecule has 1 aromatic rings. The second-order valence-electron chi connectivity index (χ2n) is 6.75. The van der Waals surface area contributed by atoms with Crippen LogP contribution in [0, 0.1) is 0 Å². The number of hydrogen-bond donors (Lipinski definition) is 0. The normalized spacial score (nSPS) is 25.0. The van der Waals surface area contributed by atoms with Gasteiger partial charge >= 0.3 is 0 Å². The summed E-state index contributed by atoms with van der Waals surface area (Å²) < 4.78 is 2.24. The second kappa shape index (κ2) is 6.91. The van der Waals surface area contributed by atoms with Crippen molar-refractivity contribution < 1.29 is 0 Å². The third-order valence-electron chi connectivity index (χ3n) is 5.22. The van der Waals surface area contributed by atoms with Gasteiger partial charge in [-0.05, 0) is 38.6 Å². The van der Waals surface area contributed by atoms with Crippen molar-refractivity contribution >= 4 is 0 Å². The maximum absolute atomic E-state index is 4.53. The Morgan fingerprint density at radius 1 is 1.14 bits per heavy atom. The molecule has 0 aliphatic carbocycles. The lowest BCUT2D eigenvalue weighted by Crippen LogP contribution is -2.42. The first-order chi connectivity index (χ1) is 10.3. The number of aromatic nitrogens is 3. The first kappa shape index (κ1) is 15.0. The topological polar surface area (TPSA) is 34.0 Å². The summed E-state index contributed by atoms with van der Waals surface area (Å²) in [4.78, 5) is 2.77. The van der Waals surface area contributed by atoms with Crippen LogP contribution in [-0.4, -0.2) is 32.5 Å². The monoisotopic (exact) mass is 290 g/mol. The van der Waals surface area contributed by atoms with E-state index in [9.17, 15) is 0 Å². The molecule has 0 unspecified atom stereocenters. The lowest BCUT2D eigenvalue weighted by atomic mass is 9.97. The lowest BCUT2D eigenvalue weighted by Gasteiger charge is -2.38. The van der Waals surface area contributed by atoms with E-state index < -0.39 is 0 Å². The molecular formula is C17H30N4. The third-order valence-corrected chi connectivity index (χ3v) is 5.22. The van der Waals surface area contributed by atoms with Gasteiger partial charge in [0.25, 0.3) is 0 Å². The highest BCUT2D eigenvalue weighted by Crippen LogP contribution is 2.38. The van der Waals surface area contributed by atoms with Crippen molar-refractivity contribution in [2.24, 2.45) is 0 Å². The summed E-state index contributed by atoms with van der Waals surface area (Å²) in [6.45, 7) is 6.89. The van der Waals surface area contributed by atoms with Crippen molar-refractivity contribution in [3.05, 3.63) is 11.4 Å². The van der Waals surface area contributed by atoms with E-state index in [4.69, 9.17) is 0 Å². The highest BCUT2D eigenvalue weighted by molar-refractivity contribution is 5.19. The number of fused-ring (bicyclic) bond motifs is 2. The van der Waals surface area contributed by atoms with Crippen molar-refractivity contribution in [1.29, 1.82) is 0 Å². The average Bonchev–Trinajstić information content (AvgIpc) is 3.11. The largest absolute Gasteiger partial charge is 0.290 e. The molecule has 0 saturated carbocycles. The minimum Gasteiger partial charge on any atom is -0.290 e. The Hall–Kier alpha value is -0.900. The molecule has 2 aliphatic rings. The Kier molecular flexibility index (Phi) is 4.94. The van der Waals surface area contributed by atoms with Crippen LogP contribution in [0.2, 0.25) is 0 Å². The van der Waals surface area contributed by atoms with Crippen molar-refractivity contribution in [3.63, 3.8) is 0 Å². The minimum atomic E-state index is 0.583. The van der Waals surface area contributed by atoms with Gasteiger partial charge in [0.2, 0.25) is 0 Å². The molecule has 0 amide bonds. The van der Waals surface area contributed by atoms with Gasteiger partial charge in [-0.15, -0.1) is 5.10 Å². The van der Waals surface area contributed by atoms with Crippen LogP contribution in [0.1, 0.15) is 82.6 Å². The van der Waals surface area contributed by atoms with Gasteiger partial charge in [0.15, 0.2) is 0 Å². The van der Waals surface area contributed by atoms with Crippen LogP contribution in [0.25, 0.3) is 0 Å². The Bertz CT molecular complexity index is 454. The molecule has 4 nitrogen and oxygen atoms in total. The average molecular weight is 290 g/mol. The van der Waals surface area contributed by atoms with Crippen LogP contribution in [0.4, 0.5) is 0 Å². The summed E-state index contributed by atoms with van der Waals surface area (Å²) in [6, 6.07) is 1.30. The number of unbranched alkanes of at least 4 members (excludes halogenated alkanes) is 3. The van der Waals surface area contributed by atoms with Gasteiger partial charge in [0.1, 0.15) is 0 Å². The number of hydrogen-bond acceptors (Lipinski definition) is 3. The summed E-state index contributed by atoms with van der Waals surface area (Å²) in [5, 5.41) is 9.02. The van der Waals surface area contributed by atoms with Crippen LogP contribution < -0.4 is 0 Å². The molecule has 0 bridgehead atoms. The zero-order valence-corrected chi connectivity index (χ0v) is 13.7. The van der Waals surface area contributed by atoms with E-state index in [0.29, 0.717) is 12.1 Å². The molecule has 1 saturated heterocycles. The van der Waals surface area contributed by atoms with Crippen molar-refractivity contribution in [2.75, 3.05) is 6.54 Å². The van der Waals surface area contributed by atoms with E-state index in [2.05, 4.69) is 33.7 Å². The van der Waals surface area contributed by atoms with Gasteiger partial charge in [-0.25, -0.2) is 4.68 Å². The molecule has 2 aliphatic heterocycles. The Balaban J connectivity index is 1.82. The number of nitrogens with zero attached hydrogens (tertiary/aromatic N) is 4. The first-order valence-corrected chi connectivity index (χ1v) is 9.03. The van der Waals surface area contributed by atoms with Gasteiger partial charge in [0, 0.05) is 6.04 Å². The summed E-state index contributed by atoms with van der Waals surface area (Å²) in [5.74, 6) is 0. The zero-order valence-electron chi connectivity index (χ0n) is 13.7. The van der Waals surface area contributed by atoms with Crippen LogP contribution in [0.15, 0.2) is 0 Å². The van der Waals surface area contributed by atoms with Crippen LogP contribution in [0.5, 0.6) is 0 Å². The summed E-state index contributed by atoms with van der Waals surface area (Å²) in [7, 11) is 0. The maximum atomic E-state index is 4.53. The van der Waals surface area contributed by atoms with Gasteiger partial charge in [-0.1, -0.05) is 44.7 Å². The molecule has 0 N–H and O–H groups in total. The van der Waals surface area contributed by atoms with E-state index in [-0.39, 0.29) is 0 Å². The predicted octanol–water partition coefficient (Wildman–Crippen LogP) is 3.72. The number of rotatable bonds is 7. The quantitative estimate of drug-likeness (QED) is 0.718.